The van der Waals surface area contributed by atoms with Crippen LogP contribution in [0.1, 0.15) is 21.7 Å². The molecule has 3 heterocycles. The number of pyridine rings is 1. The van der Waals surface area contributed by atoms with Crippen molar-refractivity contribution in [3.05, 3.63) is 41.3 Å². The summed E-state index contributed by atoms with van der Waals surface area (Å²) in [7, 11) is 1.76. The van der Waals surface area contributed by atoms with Gasteiger partial charge in [-0.2, -0.15) is 10.4 Å². The van der Waals surface area contributed by atoms with Crippen molar-refractivity contribution in [1.29, 1.82) is 5.26 Å². The Morgan fingerprint density at radius 2 is 1.96 bits per heavy atom. The third kappa shape index (κ3) is 2.88. The molecule has 2 aromatic heterocycles. The summed E-state index contributed by atoms with van der Waals surface area (Å²) in [6, 6.07) is 7.55. The Kier molecular flexibility index (Phi) is 3.98. The molecule has 0 N–H and O–H groups in total. The molecule has 118 valence electrons. The first kappa shape index (κ1) is 15.0. The lowest BCUT2D eigenvalue weighted by Crippen LogP contribution is -2.49. The molecule has 1 saturated heterocycles. The fraction of sp³-hybridized carbons (Fsp3) is 0.375. The summed E-state index contributed by atoms with van der Waals surface area (Å²) < 4.78 is 1.59. The second-order valence-corrected chi connectivity index (χ2v) is 5.55. The first-order valence-electron chi connectivity index (χ1n) is 7.50. The minimum Gasteiger partial charge on any atom is -0.352 e. The number of aromatic nitrogens is 3. The number of rotatable bonds is 2. The van der Waals surface area contributed by atoms with Crippen LogP contribution in [0.25, 0.3) is 0 Å². The summed E-state index contributed by atoms with van der Waals surface area (Å²) in [5.74, 6) is 0.697. The predicted molar refractivity (Wildman–Crippen MR) is 85.0 cm³/mol. The van der Waals surface area contributed by atoms with E-state index in [1.807, 2.05) is 17.9 Å². The Morgan fingerprint density at radius 3 is 2.57 bits per heavy atom. The minimum absolute atomic E-state index is 0.0117. The number of hydrogen-bond donors (Lipinski definition) is 0. The van der Waals surface area contributed by atoms with Crippen molar-refractivity contribution in [1.82, 2.24) is 19.7 Å². The number of carbonyl (C=O) groups excluding carboxylic acids is 1. The van der Waals surface area contributed by atoms with Crippen molar-refractivity contribution in [3.63, 3.8) is 0 Å². The van der Waals surface area contributed by atoms with Crippen LogP contribution in [0.15, 0.2) is 24.4 Å². The van der Waals surface area contributed by atoms with Crippen molar-refractivity contribution in [2.75, 3.05) is 31.1 Å². The van der Waals surface area contributed by atoms with Crippen LogP contribution in [-0.4, -0.2) is 51.8 Å². The van der Waals surface area contributed by atoms with E-state index in [0.29, 0.717) is 43.3 Å². The average Bonchev–Trinajstić information content (AvgIpc) is 3.00. The Labute approximate surface area is 134 Å². The molecule has 0 bridgehead atoms. The molecule has 1 amide bonds. The molecule has 1 aliphatic heterocycles. The number of nitriles is 1. The lowest BCUT2D eigenvalue weighted by molar-refractivity contribution is 0.0735. The molecule has 7 heteroatoms. The summed E-state index contributed by atoms with van der Waals surface area (Å²) >= 11 is 0. The molecule has 0 unspecified atom stereocenters. The van der Waals surface area contributed by atoms with Crippen LogP contribution >= 0.6 is 0 Å². The standard InChI is InChI=1S/C16H18N6O/c1-12-3-4-13(11-17)15(19-12)21-7-9-22(10-8-21)16(23)14-5-6-18-20(14)2/h3-6H,7-10H2,1-2H3. The number of anilines is 1. The molecule has 7 nitrogen and oxygen atoms in total. The van der Waals surface area contributed by atoms with Crippen molar-refractivity contribution < 1.29 is 4.79 Å². The lowest BCUT2D eigenvalue weighted by Gasteiger charge is -2.35. The number of aryl methyl sites for hydroxylation is 2. The number of hydrogen-bond acceptors (Lipinski definition) is 5. The summed E-state index contributed by atoms with van der Waals surface area (Å²) in [6.45, 7) is 4.44. The molecule has 0 saturated carbocycles. The van der Waals surface area contributed by atoms with Gasteiger partial charge < -0.3 is 9.80 Å². The van der Waals surface area contributed by atoms with E-state index < -0.39 is 0 Å². The van der Waals surface area contributed by atoms with Gasteiger partial charge in [-0.05, 0) is 25.1 Å². The number of amides is 1. The normalized spacial score (nSPS) is 14.7. The summed E-state index contributed by atoms with van der Waals surface area (Å²) in [5.41, 5.74) is 2.04. The van der Waals surface area contributed by atoms with Crippen molar-refractivity contribution in [2.24, 2.45) is 7.05 Å². The minimum atomic E-state index is -0.0117. The van der Waals surface area contributed by atoms with Crippen LogP contribution in [0.5, 0.6) is 0 Å². The first-order chi connectivity index (χ1) is 11.1. The highest BCUT2D eigenvalue weighted by Gasteiger charge is 2.25. The Morgan fingerprint density at radius 1 is 1.22 bits per heavy atom. The van der Waals surface area contributed by atoms with Gasteiger partial charge in [0.2, 0.25) is 0 Å². The zero-order chi connectivity index (χ0) is 16.4. The van der Waals surface area contributed by atoms with Gasteiger partial charge in [0.25, 0.3) is 5.91 Å². The fourth-order valence-electron chi connectivity index (χ4n) is 2.74. The summed E-state index contributed by atoms with van der Waals surface area (Å²) in [5, 5.41) is 13.3. The second-order valence-electron chi connectivity index (χ2n) is 5.55. The molecule has 2 aromatic rings. The van der Waals surface area contributed by atoms with Gasteiger partial charge in [-0.25, -0.2) is 4.98 Å². The lowest BCUT2D eigenvalue weighted by atomic mass is 10.2. The first-order valence-corrected chi connectivity index (χ1v) is 7.50. The van der Waals surface area contributed by atoms with Crippen molar-refractivity contribution >= 4 is 11.7 Å². The average molecular weight is 310 g/mol. The van der Waals surface area contributed by atoms with Crippen LogP contribution < -0.4 is 4.90 Å². The van der Waals surface area contributed by atoms with E-state index in [-0.39, 0.29) is 5.91 Å². The monoisotopic (exact) mass is 310 g/mol. The highest BCUT2D eigenvalue weighted by atomic mass is 16.2. The number of carbonyl (C=O) groups is 1. The summed E-state index contributed by atoms with van der Waals surface area (Å²) in [6.07, 6.45) is 1.62. The topological polar surface area (TPSA) is 78.0 Å². The molecule has 1 aliphatic rings. The predicted octanol–water partition coefficient (Wildman–Crippen LogP) is 0.958. The second kappa shape index (κ2) is 6.08. The van der Waals surface area contributed by atoms with Gasteiger partial charge in [-0.15, -0.1) is 0 Å². The maximum Gasteiger partial charge on any atom is 0.272 e. The van der Waals surface area contributed by atoms with Gasteiger partial charge in [0.15, 0.2) is 0 Å². The van der Waals surface area contributed by atoms with E-state index in [4.69, 9.17) is 0 Å². The van der Waals surface area contributed by atoms with Gasteiger partial charge in [0.05, 0.1) is 5.56 Å². The largest absolute Gasteiger partial charge is 0.352 e. The molecule has 0 aromatic carbocycles. The molecule has 0 atom stereocenters. The van der Waals surface area contributed by atoms with E-state index in [0.717, 1.165) is 5.69 Å². The zero-order valence-corrected chi connectivity index (χ0v) is 13.2. The van der Waals surface area contributed by atoms with Gasteiger partial charge in [-0.3, -0.25) is 9.48 Å². The van der Waals surface area contributed by atoms with E-state index in [1.165, 1.54) is 0 Å². The maximum atomic E-state index is 12.5. The molecule has 23 heavy (non-hydrogen) atoms. The van der Waals surface area contributed by atoms with Gasteiger partial charge in [0.1, 0.15) is 17.6 Å². The van der Waals surface area contributed by atoms with Crippen LogP contribution in [0, 0.1) is 18.3 Å². The third-order valence-corrected chi connectivity index (χ3v) is 4.04. The number of nitrogens with zero attached hydrogens (tertiary/aromatic N) is 6. The third-order valence-electron chi connectivity index (χ3n) is 4.04. The van der Waals surface area contributed by atoms with E-state index in [1.54, 1.807) is 30.1 Å². The van der Waals surface area contributed by atoms with Gasteiger partial charge in [0, 0.05) is 45.1 Å². The van der Waals surface area contributed by atoms with Crippen molar-refractivity contribution in [2.45, 2.75) is 6.92 Å². The van der Waals surface area contributed by atoms with Gasteiger partial charge >= 0.3 is 0 Å². The number of piperazine rings is 1. The van der Waals surface area contributed by atoms with E-state index >= 15 is 0 Å². The molecular formula is C16H18N6O. The Balaban J connectivity index is 1.72. The highest BCUT2D eigenvalue weighted by molar-refractivity contribution is 5.92. The zero-order valence-electron chi connectivity index (χ0n) is 13.2. The highest BCUT2D eigenvalue weighted by Crippen LogP contribution is 2.20. The van der Waals surface area contributed by atoms with Crippen molar-refractivity contribution in [3.8, 4) is 6.07 Å². The molecule has 0 radical (unpaired) electrons. The Hall–Kier alpha value is -2.88. The van der Waals surface area contributed by atoms with E-state index in [9.17, 15) is 10.1 Å². The van der Waals surface area contributed by atoms with Crippen LogP contribution in [-0.2, 0) is 7.05 Å². The SMILES string of the molecule is Cc1ccc(C#N)c(N2CCN(C(=O)c3ccnn3C)CC2)n1. The fourth-order valence-corrected chi connectivity index (χ4v) is 2.74. The molecular weight excluding hydrogens is 292 g/mol. The molecule has 0 aliphatic carbocycles. The molecule has 1 fully saturated rings. The van der Waals surface area contributed by atoms with Crippen LogP contribution in [0.2, 0.25) is 0 Å². The quantitative estimate of drug-likeness (QED) is 0.825. The molecule has 3 rings (SSSR count). The summed E-state index contributed by atoms with van der Waals surface area (Å²) in [4.78, 5) is 20.9. The maximum absolute atomic E-state index is 12.5. The van der Waals surface area contributed by atoms with Gasteiger partial charge in [-0.1, -0.05) is 0 Å². The molecule has 0 spiro atoms. The van der Waals surface area contributed by atoms with E-state index in [2.05, 4.69) is 21.1 Å². The van der Waals surface area contributed by atoms with Crippen LogP contribution in [0.4, 0.5) is 5.82 Å². The van der Waals surface area contributed by atoms with Crippen LogP contribution in [0.3, 0.4) is 0 Å². The smallest absolute Gasteiger partial charge is 0.272 e. The Bertz CT molecular complexity index is 767.